The van der Waals surface area contributed by atoms with Gasteiger partial charge in [-0.15, -0.1) is 21.5 Å². The molecule has 0 saturated carbocycles. The number of carbonyl (C=O) groups excluding carboxylic acids is 1. The molecule has 3 aromatic rings. The van der Waals surface area contributed by atoms with Gasteiger partial charge >= 0.3 is 0 Å². The summed E-state index contributed by atoms with van der Waals surface area (Å²) in [5, 5.41) is 14.2. The Labute approximate surface area is 124 Å². The molecule has 0 saturated heterocycles. The number of hydrazine groups is 1. The van der Waals surface area contributed by atoms with Gasteiger partial charge in [-0.3, -0.25) is 10.2 Å². The smallest absolute Gasteiger partial charge is 0.275 e. The topological polar surface area (TPSA) is 98.7 Å². The zero-order valence-electron chi connectivity index (χ0n) is 10.9. The minimum atomic E-state index is -0.316. The van der Waals surface area contributed by atoms with Gasteiger partial charge in [0, 0.05) is 5.56 Å². The predicted molar refractivity (Wildman–Crippen MR) is 78.3 cm³/mol. The fraction of sp³-hybridized carbons (Fsp3) is 0.0769. The number of tetrazole rings is 1. The monoisotopic (exact) mass is 300 g/mol. The van der Waals surface area contributed by atoms with Crippen LogP contribution in [0.15, 0.2) is 41.8 Å². The SMILES string of the molecule is NNC(=O)c1sccc1Cn1nnc(-c2ccccc2)n1. The van der Waals surface area contributed by atoms with Crippen LogP contribution < -0.4 is 11.3 Å². The van der Waals surface area contributed by atoms with E-state index in [0.29, 0.717) is 17.2 Å². The Morgan fingerprint density at radius 2 is 2.10 bits per heavy atom. The number of rotatable bonds is 4. The van der Waals surface area contributed by atoms with E-state index in [9.17, 15) is 4.79 Å². The van der Waals surface area contributed by atoms with Crippen LogP contribution in [0, 0.1) is 0 Å². The second kappa shape index (κ2) is 5.81. The Morgan fingerprint density at radius 1 is 1.29 bits per heavy atom. The van der Waals surface area contributed by atoms with E-state index < -0.39 is 0 Å². The molecule has 0 fully saturated rings. The van der Waals surface area contributed by atoms with E-state index in [4.69, 9.17) is 5.84 Å². The van der Waals surface area contributed by atoms with Crippen molar-refractivity contribution in [3.8, 4) is 11.4 Å². The second-order valence-electron chi connectivity index (χ2n) is 4.26. The van der Waals surface area contributed by atoms with Crippen LogP contribution in [-0.2, 0) is 6.54 Å². The molecule has 0 atom stereocenters. The van der Waals surface area contributed by atoms with Crippen molar-refractivity contribution in [2.75, 3.05) is 0 Å². The van der Waals surface area contributed by atoms with Crippen molar-refractivity contribution < 1.29 is 4.79 Å². The first kappa shape index (κ1) is 13.4. The third-order valence-corrected chi connectivity index (χ3v) is 3.84. The van der Waals surface area contributed by atoms with Crippen molar-refractivity contribution in [3.05, 3.63) is 52.2 Å². The number of benzene rings is 1. The molecule has 0 aliphatic rings. The molecule has 1 amide bonds. The Hall–Kier alpha value is -2.58. The first-order valence-electron chi connectivity index (χ1n) is 6.18. The minimum absolute atomic E-state index is 0.316. The summed E-state index contributed by atoms with van der Waals surface area (Å²) in [4.78, 5) is 13.6. The van der Waals surface area contributed by atoms with Crippen LogP contribution in [0.5, 0.6) is 0 Å². The number of hydrogen-bond acceptors (Lipinski definition) is 6. The van der Waals surface area contributed by atoms with E-state index in [1.807, 2.05) is 41.8 Å². The highest BCUT2D eigenvalue weighted by molar-refractivity contribution is 7.12. The van der Waals surface area contributed by atoms with Gasteiger partial charge in [0.25, 0.3) is 5.91 Å². The number of thiophene rings is 1. The largest absolute Gasteiger partial charge is 0.289 e. The molecule has 0 spiro atoms. The zero-order valence-corrected chi connectivity index (χ0v) is 11.7. The molecule has 3 N–H and O–H groups in total. The van der Waals surface area contributed by atoms with Gasteiger partial charge in [-0.05, 0) is 22.2 Å². The molecule has 7 nitrogen and oxygen atoms in total. The number of nitrogens with zero attached hydrogens (tertiary/aromatic N) is 4. The number of nitrogens with two attached hydrogens (primary N) is 1. The standard InChI is InChI=1S/C13H12N6OS/c14-15-13(20)11-10(6-7-21-11)8-19-17-12(16-18-19)9-4-2-1-3-5-9/h1-7H,8,14H2,(H,15,20). The first-order valence-corrected chi connectivity index (χ1v) is 7.06. The maximum atomic E-state index is 11.6. The molecular formula is C13H12N6OS. The van der Waals surface area contributed by atoms with Crippen LogP contribution in [0.3, 0.4) is 0 Å². The summed E-state index contributed by atoms with van der Waals surface area (Å²) in [6, 6.07) is 11.4. The van der Waals surface area contributed by atoms with E-state index in [-0.39, 0.29) is 5.91 Å². The summed E-state index contributed by atoms with van der Waals surface area (Å²) in [6.45, 7) is 0.367. The van der Waals surface area contributed by atoms with Gasteiger partial charge in [0.1, 0.15) is 0 Å². The highest BCUT2D eigenvalue weighted by atomic mass is 32.1. The van der Waals surface area contributed by atoms with Crippen LogP contribution in [0.2, 0.25) is 0 Å². The fourth-order valence-corrected chi connectivity index (χ4v) is 2.71. The third-order valence-electron chi connectivity index (χ3n) is 2.88. The normalized spacial score (nSPS) is 10.5. The summed E-state index contributed by atoms with van der Waals surface area (Å²) in [6.07, 6.45) is 0. The Bertz CT molecular complexity index is 751. The molecule has 3 rings (SSSR count). The van der Waals surface area contributed by atoms with Crippen molar-refractivity contribution in [1.29, 1.82) is 0 Å². The lowest BCUT2D eigenvalue weighted by atomic mass is 10.2. The molecule has 106 valence electrons. The highest BCUT2D eigenvalue weighted by Crippen LogP contribution is 2.18. The van der Waals surface area contributed by atoms with Crippen molar-refractivity contribution in [2.24, 2.45) is 5.84 Å². The van der Waals surface area contributed by atoms with Gasteiger partial charge in [-0.1, -0.05) is 30.3 Å². The maximum absolute atomic E-state index is 11.6. The first-order chi connectivity index (χ1) is 10.3. The summed E-state index contributed by atoms with van der Waals surface area (Å²) >= 11 is 1.32. The fourth-order valence-electron chi connectivity index (χ4n) is 1.89. The van der Waals surface area contributed by atoms with Crippen molar-refractivity contribution in [3.63, 3.8) is 0 Å². The van der Waals surface area contributed by atoms with Crippen molar-refractivity contribution in [2.45, 2.75) is 6.54 Å². The maximum Gasteiger partial charge on any atom is 0.275 e. The zero-order chi connectivity index (χ0) is 14.7. The van der Waals surface area contributed by atoms with E-state index in [0.717, 1.165) is 11.1 Å². The predicted octanol–water partition coefficient (Wildman–Crippen LogP) is 1.05. The van der Waals surface area contributed by atoms with E-state index >= 15 is 0 Å². The number of aromatic nitrogens is 4. The summed E-state index contributed by atoms with van der Waals surface area (Å²) in [7, 11) is 0. The lowest BCUT2D eigenvalue weighted by molar-refractivity contribution is 0.0956. The number of carbonyl (C=O) groups is 1. The number of amides is 1. The van der Waals surface area contributed by atoms with Crippen LogP contribution in [0.4, 0.5) is 0 Å². The average molecular weight is 300 g/mol. The summed E-state index contributed by atoms with van der Waals surface area (Å²) in [5.41, 5.74) is 3.83. The Kier molecular flexibility index (Phi) is 3.71. The number of nitrogens with one attached hydrogen (secondary N) is 1. The molecule has 0 aliphatic heterocycles. The van der Waals surface area contributed by atoms with Crippen LogP contribution >= 0.6 is 11.3 Å². The molecule has 0 bridgehead atoms. The van der Waals surface area contributed by atoms with Gasteiger partial charge in [0.2, 0.25) is 5.82 Å². The summed E-state index contributed by atoms with van der Waals surface area (Å²) < 4.78 is 0. The van der Waals surface area contributed by atoms with Crippen LogP contribution in [0.25, 0.3) is 11.4 Å². The minimum Gasteiger partial charge on any atom is -0.289 e. The molecule has 21 heavy (non-hydrogen) atoms. The van der Waals surface area contributed by atoms with Crippen LogP contribution in [0.1, 0.15) is 15.2 Å². The molecule has 8 heteroatoms. The Morgan fingerprint density at radius 3 is 2.86 bits per heavy atom. The quantitative estimate of drug-likeness (QED) is 0.426. The van der Waals surface area contributed by atoms with Crippen LogP contribution in [-0.4, -0.2) is 26.1 Å². The molecule has 1 aromatic carbocycles. The molecule has 2 heterocycles. The van der Waals surface area contributed by atoms with Crippen molar-refractivity contribution >= 4 is 17.2 Å². The molecule has 0 aliphatic carbocycles. The van der Waals surface area contributed by atoms with Gasteiger partial charge in [-0.2, -0.15) is 4.80 Å². The molecule has 0 unspecified atom stereocenters. The van der Waals surface area contributed by atoms with E-state index in [1.54, 1.807) is 0 Å². The molecule has 2 aromatic heterocycles. The average Bonchev–Trinajstić information content (AvgIpc) is 3.17. The van der Waals surface area contributed by atoms with E-state index in [2.05, 4.69) is 20.8 Å². The second-order valence-corrected chi connectivity index (χ2v) is 5.17. The van der Waals surface area contributed by atoms with Gasteiger partial charge in [-0.25, -0.2) is 5.84 Å². The molecular weight excluding hydrogens is 288 g/mol. The third kappa shape index (κ3) is 2.81. The lowest BCUT2D eigenvalue weighted by Crippen LogP contribution is -2.30. The lowest BCUT2D eigenvalue weighted by Gasteiger charge is -2.01. The van der Waals surface area contributed by atoms with Crippen molar-refractivity contribution in [1.82, 2.24) is 25.6 Å². The summed E-state index contributed by atoms with van der Waals surface area (Å²) in [5.74, 6) is 5.40. The van der Waals surface area contributed by atoms with Gasteiger partial charge < -0.3 is 0 Å². The highest BCUT2D eigenvalue weighted by Gasteiger charge is 2.14. The van der Waals surface area contributed by atoms with Gasteiger partial charge in [0.15, 0.2) is 0 Å². The van der Waals surface area contributed by atoms with Gasteiger partial charge in [0.05, 0.1) is 11.4 Å². The number of hydrogen-bond donors (Lipinski definition) is 2. The molecule has 0 radical (unpaired) electrons. The van der Waals surface area contributed by atoms with E-state index in [1.165, 1.54) is 16.1 Å². The Balaban J connectivity index is 1.82. The number of nitrogen functional groups attached to an aromatic ring is 1.